The van der Waals surface area contributed by atoms with Gasteiger partial charge < -0.3 is 20.7 Å². The maximum atomic E-state index is 13.1. The summed E-state index contributed by atoms with van der Waals surface area (Å²) in [6.07, 6.45) is 2.02. The minimum absolute atomic E-state index is 0.00913. The number of likely N-dealkylation sites (tertiary alicyclic amines) is 1. The Balaban J connectivity index is 1.79. The second kappa shape index (κ2) is 10.1. The van der Waals surface area contributed by atoms with Gasteiger partial charge in [-0.2, -0.15) is 0 Å². The molecule has 1 heterocycles. The Labute approximate surface area is 182 Å². The van der Waals surface area contributed by atoms with Gasteiger partial charge in [-0.3, -0.25) is 14.4 Å². The van der Waals surface area contributed by atoms with Crippen LogP contribution >= 0.6 is 0 Å². The Morgan fingerprint density at radius 3 is 2.58 bits per heavy atom. The van der Waals surface area contributed by atoms with Crippen molar-refractivity contribution in [2.24, 2.45) is 11.7 Å². The molecule has 31 heavy (non-hydrogen) atoms. The van der Waals surface area contributed by atoms with E-state index in [1.165, 1.54) is 0 Å². The van der Waals surface area contributed by atoms with E-state index in [4.69, 9.17) is 10.5 Å². The van der Waals surface area contributed by atoms with E-state index in [-0.39, 0.29) is 30.8 Å². The summed E-state index contributed by atoms with van der Waals surface area (Å²) < 4.78 is 5.24. The van der Waals surface area contributed by atoms with Crippen LogP contribution in [0.5, 0.6) is 5.75 Å². The van der Waals surface area contributed by atoms with Gasteiger partial charge >= 0.3 is 0 Å². The number of amides is 3. The van der Waals surface area contributed by atoms with Crippen LogP contribution in [0.4, 0.5) is 0 Å². The topological polar surface area (TPSA) is 102 Å². The molecule has 3 amide bonds. The molecule has 0 saturated carbocycles. The van der Waals surface area contributed by atoms with Gasteiger partial charge in [0.2, 0.25) is 17.7 Å². The summed E-state index contributed by atoms with van der Waals surface area (Å²) in [5, 5.41) is 2.93. The van der Waals surface area contributed by atoms with E-state index in [9.17, 15) is 14.4 Å². The molecule has 1 saturated heterocycles. The number of benzene rings is 2. The van der Waals surface area contributed by atoms with Crippen molar-refractivity contribution < 1.29 is 19.1 Å². The molecule has 0 aliphatic carbocycles. The minimum atomic E-state index is -0.513. The lowest BCUT2D eigenvalue weighted by Gasteiger charge is -2.28. The summed E-state index contributed by atoms with van der Waals surface area (Å²) in [7, 11) is 1.60. The van der Waals surface area contributed by atoms with Gasteiger partial charge in [-0.1, -0.05) is 37.6 Å². The third-order valence-corrected chi connectivity index (χ3v) is 5.66. The molecule has 2 unspecified atom stereocenters. The highest BCUT2D eigenvalue weighted by Crippen LogP contribution is 2.39. The maximum Gasteiger partial charge on any atom is 0.248 e. The van der Waals surface area contributed by atoms with Crippen LogP contribution < -0.4 is 15.8 Å². The summed E-state index contributed by atoms with van der Waals surface area (Å²) in [6.45, 7) is 2.96. The van der Waals surface area contributed by atoms with Crippen LogP contribution in [0.1, 0.15) is 53.7 Å². The number of hydrogen-bond donors (Lipinski definition) is 2. The Morgan fingerprint density at radius 1 is 1.19 bits per heavy atom. The van der Waals surface area contributed by atoms with E-state index >= 15 is 0 Å². The quantitative estimate of drug-likeness (QED) is 0.647. The number of nitrogens with one attached hydrogen (secondary N) is 1. The average Bonchev–Trinajstić information content (AvgIpc) is 3.12. The molecule has 1 aliphatic rings. The molecular formula is C24H29N3O4. The lowest BCUT2D eigenvalue weighted by molar-refractivity contribution is -0.129. The Bertz CT molecular complexity index is 942. The van der Waals surface area contributed by atoms with Crippen molar-refractivity contribution in [2.45, 2.75) is 38.8 Å². The fraction of sp³-hybridized carbons (Fsp3) is 0.375. The molecule has 3 rings (SSSR count). The summed E-state index contributed by atoms with van der Waals surface area (Å²) in [5.41, 5.74) is 7.42. The number of unbranched alkanes of at least 4 members (excludes halogenated alkanes) is 1. The van der Waals surface area contributed by atoms with Crippen molar-refractivity contribution in [3.63, 3.8) is 0 Å². The lowest BCUT2D eigenvalue weighted by Crippen LogP contribution is -2.35. The van der Waals surface area contributed by atoms with E-state index < -0.39 is 11.8 Å². The van der Waals surface area contributed by atoms with Crippen LogP contribution in [0.2, 0.25) is 0 Å². The average molecular weight is 424 g/mol. The number of nitrogens with zero attached hydrogens (tertiary/aromatic N) is 1. The number of primary amides is 1. The van der Waals surface area contributed by atoms with Crippen LogP contribution in [0, 0.1) is 5.92 Å². The van der Waals surface area contributed by atoms with Crippen molar-refractivity contribution >= 4 is 17.7 Å². The smallest absolute Gasteiger partial charge is 0.248 e. The third kappa shape index (κ3) is 5.23. The van der Waals surface area contributed by atoms with E-state index in [0.29, 0.717) is 12.1 Å². The highest BCUT2D eigenvalue weighted by atomic mass is 16.5. The maximum absolute atomic E-state index is 13.1. The molecule has 7 nitrogen and oxygen atoms in total. The van der Waals surface area contributed by atoms with Gasteiger partial charge in [0.25, 0.3) is 0 Å². The molecule has 0 bridgehead atoms. The number of ether oxygens (including phenoxy) is 1. The van der Waals surface area contributed by atoms with Crippen LogP contribution in [0.25, 0.3) is 0 Å². The second-order valence-corrected chi connectivity index (χ2v) is 7.75. The zero-order chi connectivity index (χ0) is 22.4. The zero-order valence-corrected chi connectivity index (χ0v) is 18.0. The van der Waals surface area contributed by atoms with Crippen molar-refractivity contribution in [1.82, 2.24) is 10.2 Å². The van der Waals surface area contributed by atoms with Crippen molar-refractivity contribution in [1.29, 1.82) is 0 Å². The number of rotatable bonds is 9. The Kier molecular flexibility index (Phi) is 7.28. The van der Waals surface area contributed by atoms with Crippen molar-refractivity contribution in [2.75, 3.05) is 13.7 Å². The van der Waals surface area contributed by atoms with Crippen molar-refractivity contribution in [3.05, 3.63) is 65.2 Å². The second-order valence-electron chi connectivity index (χ2n) is 7.75. The number of nitrogens with two attached hydrogens (primary N) is 1. The minimum Gasteiger partial charge on any atom is -0.497 e. The van der Waals surface area contributed by atoms with E-state index in [0.717, 1.165) is 29.7 Å². The van der Waals surface area contributed by atoms with Crippen LogP contribution in [0.15, 0.2) is 48.5 Å². The van der Waals surface area contributed by atoms with Gasteiger partial charge in [0.15, 0.2) is 0 Å². The molecule has 0 aromatic heterocycles. The zero-order valence-electron chi connectivity index (χ0n) is 18.0. The highest BCUT2D eigenvalue weighted by molar-refractivity contribution is 5.93. The van der Waals surface area contributed by atoms with E-state index in [1.54, 1.807) is 25.3 Å². The summed E-state index contributed by atoms with van der Waals surface area (Å²) in [6, 6.07) is 14.1. The summed E-state index contributed by atoms with van der Waals surface area (Å²) >= 11 is 0. The van der Waals surface area contributed by atoms with Gasteiger partial charge in [-0.25, -0.2) is 0 Å². The molecule has 2 aromatic carbocycles. The summed E-state index contributed by atoms with van der Waals surface area (Å²) in [4.78, 5) is 39.1. The van der Waals surface area contributed by atoms with Crippen LogP contribution in [-0.4, -0.2) is 36.3 Å². The third-order valence-electron chi connectivity index (χ3n) is 5.66. The SMILES string of the molecule is CCCCN1C(=O)CC(C(=O)NCc2cccc(C(N)=O)c2)C1c1ccc(OC)cc1. The molecule has 0 spiro atoms. The first-order valence-electron chi connectivity index (χ1n) is 10.5. The first kappa shape index (κ1) is 22.3. The van der Waals surface area contributed by atoms with Gasteiger partial charge in [-0.15, -0.1) is 0 Å². The fourth-order valence-corrected chi connectivity index (χ4v) is 3.99. The predicted octanol–water partition coefficient (Wildman–Crippen LogP) is 2.80. The normalized spacial score (nSPS) is 18.1. The molecule has 7 heteroatoms. The Hall–Kier alpha value is -3.35. The first-order valence-corrected chi connectivity index (χ1v) is 10.5. The predicted molar refractivity (Wildman–Crippen MR) is 117 cm³/mol. The monoisotopic (exact) mass is 423 g/mol. The standard InChI is InChI=1S/C24H29N3O4/c1-3-4-12-27-21(28)14-20(22(27)17-8-10-19(31-2)11-9-17)24(30)26-15-16-6-5-7-18(13-16)23(25)29/h5-11,13,20,22H,3-4,12,14-15H2,1-2H3,(H2,25,29)(H,26,30). The number of carbonyl (C=O) groups is 3. The summed E-state index contributed by atoms with van der Waals surface area (Å²) in [5.74, 6) is -0.468. The molecule has 1 aliphatic heterocycles. The van der Waals surface area contributed by atoms with E-state index in [2.05, 4.69) is 12.2 Å². The molecule has 1 fully saturated rings. The molecule has 164 valence electrons. The number of carbonyl (C=O) groups excluding carboxylic acids is 3. The van der Waals surface area contributed by atoms with Crippen molar-refractivity contribution in [3.8, 4) is 5.75 Å². The van der Waals surface area contributed by atoms with E-state index in [1.807, 2.05) is 35.2 Å². The molecular weight excluding hydrogens is 394 g/mol. The first-order chi connectivity index (χ1) is 14.9. The van der Waals surface area contributed by atoms with Crippen LogP contribution in [-0.2, 0) is 16.1 Å². The molecule has 3 N–H and O–H groups in total. The van der Waals surface area contributed by atoms with Gasteiger partial charge in [0.05, 0.1) is 19.1 Å². The molecule has 2 atom stereocenters. The molecule has 2 aromatic rings. The lowest BCUT2D eigenvalue weighted by atomic mass is 9.92. The Morgan fingerprint density at radius 2 is 1.94 bits per heavy atom. The van der Waals surface area contributed by atoms with Crippen LogP contribution in [0.3, 0.4) is 0 Å². The number of methoxy groups -OCH3 is 1. The van der Waals surface area contributed by atoms with Gasteiger partial charge in [0.1, 0.15) is 5.75 Å². The molecule has 0 radical (unpaired) electrons. The van der Waals surface area contributed by atoms with Gasteiger partial charge in [0, 0.05) is 25.1 Å². The largest absolute Gasteiger partial charge is 0.497 e. The number of hydrogen-bond acceptors (Lipinski definition) is 4. The fourth-order valence-electron chi connectivity index (χ4n) is 3.99. The van der Waals surface area contributed by atoms with Gasteiger partial charge in [-0.05, 0) is 41.8 Å². The highest BCUT2D eigenvalue weighted by Gasteiger charge is 2.44.